The number of carboxylic acids is 1. The molecular formula is C66H75NO21. The maximum Gasteiger partial charge on any atom is 0.373 e. The number of ketones is 2. The molecule has 0 spiro atoms. The van der Waals surface area contributed by atoms with Gasteiger partial charge in [0.05, 0.1) is 33.0 Å². The van der Waals surface area contributed by atoms with E-state index >= 15 is 0 Å². The van der Waals surface area contributed by atoms with E-state index in [-0.39, 0.29) is 113 Å². The number of esters is 1. The first-order chi connectivity index (χ1) is 41.1. The molecule has 0 saturated heterocycles. The van der Waals surface area contributed by atoms with E-state index in [1.165, 1.54) is 47.0 Å². The van der Waals surface area contributed by atoms with Crippen LogP contribution in [0, 0.1) is 33.1 Å². The molecular weight excluding hydrogens is 1140 g/mol. The molecule has 2 heterocycles. The second-order valence-corrected chi connectivity index (χ2v) is 22.6. The van der Waals surface area contributed by atoms with Gasteiger partial charge in [-0.1, -0.05) is 40.3 Å². The fraction of sp³-hybridized carbons (Fsp3) is 0.394. The predicted molar refractivity (Wildman–Crippen MR) is 323 cm³/mol. The molecule has 1 atom stereocenters. The summed E-state index contributed by atoms with van der Waals surface area (Å²) < 4.78 is 59.7. The first-order valence-corrected chi connectivity index (χ1v) is 27.3. The molecule has 6 aromatic rings. The Balaban J connectivity index is 0.000000318. The van der Waals surface area contributed by atoms with Gasteiger partial charge in [-0.2, -0.15) is 9.59 Å². The van der Waals surface area contributed by atoms with Gasteiger partial charge in [0.2, 0.25) is 10.9 Å². The number of allylic oxidation sites excluding steroid dienone is 4. The molecule has 0 bridgehead atoms. The van der Waals surface area contributed by atoms with Gasteiger partial charge in [-0.15, -0.1) is 0 Å². The number of aryl methyl sites for hydroxylation is 2. The number of rotatable bonds is 20. The van der Waals surface area contributed by atoms with Crippen LogP contribution in [-0.4, -0.2) is 108 Å². The average Bonchev–Trinajstić information content (AvgIpc) is 1.44. The quantitative estimate of drug-likeness (QED) is 0.0530. The molecule has 0 unspecified atom stereocenters. The van der Waals surface area contributed by atoms with Gasteiger partial charge in [0.25, 0.3) is 5.91 Å². The van der Waals surface area contributed by atoms with Crippen molar-refractivity contribution in [1.82, 2.24) is 5.32 Å². The van der Waals surface area contributed by atoms with Gasteiger partial charge in [0.1, 0.15) is 35.3 Å². The van der Waals surface area contributed by atoms with Crippen molar-refractivity contribution >= 4 is 68.6 Å². The Hall–Kier alpha value is -9.05. The number of carboxylic acid groups (broad SMARTS) is 1. The second kappa shape index (κ2) is 30.0. The molecule has 2 aromatic heterocycles. The summed E-state index contributed by atoms with van der Waals surface area (Å²) in [6.45, 7) is 18.2. The molecule has 2 N–H and O–H groups in total. The van der Waals surface area contributed by atoms with Gasteiger partial charge >= 0.3 is 18.1 Å². The molecule has 470 valence electrons. The maximum atomic E-state index is 14.3. The number of Topliss-reactive ketones (excluding diaryl/α,β-unsaturated/α-hetero) is 2. The maximum absolute atomic E-state index is 14.3. The number of aromatic carboxylic acids is 1. The molecule has 0 saturated carbocycles. The molecule has 0 aliphatic heterocycles. The Kier molecular flexibility index (Phi) is 23.8. The summed E-state index contributed by atoms with van der Waals surface area (Å²) in [5, 5.41) is 12.6. The number of methoxy groups -OCH3 is 4. The summed E-state index contributed by atoms with van der Waals surface area (Å²) in [5.41, 5.74) is 2.97. The van der Waals surface area contributed by atoms with Crippen molar-refractivity contribution in [3.05, 3.63) is 148 Å². The Bertz CT molecular complexity index is 3860. The summed E-state index contributed by atoms with van der Waals surface area (Å²) in [7, 11) is 5.92. The number of carbonyl (C=O) groups excluding carboxylic acids is 6. The minimum atomic E-state index is -1.24. The summed E-state index contributed by atoms with van der Waals surface area (Å²) in [4.78, 5) is 111. The summed E-state index contributed by atoms with van der Waals surface area (Å²) in [6, 6.07) is 8.82. The molecule has 22 heteroatoms. The Labute approximate surface area is 508 Å². The third-order valence-electron chi connectivity index (χ3n) is 14.1. The van der Waals surface area contributed by atoms with Gasteiger partial charge in [-0.05, 0) is 149 Å². The van der Waals surface area contributed by atoms with Crippen LogP contribution in [0.1, 0.15) is 148 Å². The van der Waals surface area contributed by atoms with Gasteiger partial charge in [-0.25, -0.2) is 9.59 Å². The average molecular weight is 1220 g/mol. The van der Waals surface area contributed by atoms with E-state index in [0.29, 0.717) is 81.7 Å². The van der Waals surface area contributed by atoms with E-state index in [0.717, 1.165) is 0 Å². The fourth-order valence-corrected chi connectivity index (χ4v) is 9.65. The van der Waals surface area contributed by atoms with Crippen LogP contribution in [0.25, 0.3) is 33.1 Å². The Morgan fingerprint density at radius 2 is 0.966 bits per heavy atom. The molecule has 22 nitrogen and oxygen atoms in total. The number of fused-ring (bicyclic) bond motifs is 4. The minimum Gasteiger partial charge on any atom is -0.478 e. The zero-order valence-electron chi connectivity index (χ0n) is 51.1. The predicted octanol–water partition coefficient (Wildman–Crippen LogP) is 10.4. The first kappa shape index (κ1) is 69.7. The molecule has 8 rings (SSSR count). The lowest BCUT2D eigenvalue weighted by Gasteiger charge is -2.27. The fourth-order valence-electron chi connectivity index (χ4n) is 9.65. The monoisotopic (exact) mass is 1220 g/mol. The van der Waals surface area contributed by atoms with Crippen molar-refractivity contribution < 1.29 is 90.1 Å². The lowest BCUT2D eigenvalue weighted by Crippen LogP contribution is -2.45. The summed E-state index contributed by atoms with van der Waals surface area (Å²) in [5.74, 6) is -1.94. The van der Waals surface area contributed by atoms with E-state index in [9.17, 15) is 38.7 Å². The third kappa shape index (κ3) is 16.1. The van der Waals surface area contributed by atoms with Crippen LogP contribution in [0.4, 0.5) is 0 Å². The first-order valence-electron chi connectivity index (χ1n) is 27.3. The van der Waals surface area contributed by atoms with Crippen molar-refractivity contribution in [2.24, 2.45) is 5.41 Å². The van der Waals surface area contributed by atoms with E-state index < -0.39 is 51.9 Å². The molecule has 2 aliphatic rings. The van der Waals surface area contributed by atoms with Gasteiger partial charge in [0, 0.05) is 50.7 Å². The second-order valence-electron chi connectivity index (χ2n) is 22.6. The lowest BCUT2D eigenvalue weighted by atomic mass is 9.86. The van der Waals surface area contributed by atoms with E-state index in [1.807, 2.05) is 27.7 Å². The number of ether oxygens (including phenoxy) is 9. The normalized spacial score (nSPS) is 12.9. The highest BCUT2D eigenvalue weighted by molar-refractivity contribution is 6.31. The molecule has 4 aromatic carbocycles. The summed E-state index contributed by atoms with van der Waals surface area (Å²) in [6.07, 6.45) is 7.60. The van der Waals surface area contributed by atoms with Crippen LogP contribution < -0.4 is 35.1 Å². The lowest BCUT2D eigenvalue weighted by molar-refractivity contribution is -0.191. The zero-order chi connectivity index (χ0) is 64.2. The van der Waals surface area contributed by atoms with Gasteiger partial charge in [-0.3, -0.25) is 24.0 Å². The number of hydrogen-bond donors (Lipinski definition) is 2. The van der Waals surface area contributed by atoms with Crippen molar-refractivity contribution in [2.75, 3.05) is 55.6 Å². The number of carbonyl (C=O) groups is 5. The summed E-state index contributed by atoms with van der Waals surface area (Å²) >= 11 is 0. The van der Waals surface area contributed by atoms with E-state index in [2.05, 4.69) is 5.32 Å². The van der Waals surface area contributed by atoms with Crippen LogP contribution >= 0.6 is 0 Å². The van der Waals surface area contributed by atoms with Crippen LogP contribution in [0.2, 0.25) is 0 Å². The molecule has 2 aliphatic carbocycles. The van der Waals surface area contributed by atoms with Crippen molar-refractivity contribution in [3.8, 4) is 23.0 Å². The minimum absolute atomic E-state index is 0. The Morgan fingerprint density at radius 1 is 0.591 bits per heavy atom. The number of nitrogens with one attached hydrogen (secondary N) is 1. The molecule has 0 fully saturated rings. The topological polar surface area (TPSA) is 295 Å². The van der Waals surface area contributed by atoms with E-state index in [1.54, 1.807) is 84.0 Å². The standard InChI is InChI=1S/C38H47NO10.C26H24O9.CO2.CH4/c1-21-15-30-32(31(22(21)2)35(42)39-27(13-14-37(3,4)5)36(43)49-38(6,7)8)34(41)26(18-46-30)24-12-11-23-16-28(47-19-44-9)29(48-20-45-10)17-25(23)33(24)40;1-13-7-21-23(22(14(13)2)26(29)30)25(28)18(10-33-21)16-6-5-15-8-19(34-11-31-3)20(35-12-32-4)9-17(15)24(16)27;2-1-3;/h12,15-18,27H,11,13-14,19-20H2,1-10H3,(H,39,42);6-10H,5,11-12H2,1-4H3,(H,29,30);;1H4/t27-;;;/m0.../s1. The van der Waals surface area contributed by atoms with Crippen molar-refractivity contribution in [1.29, 1.82) is 0 Å². The largest absolute Gasteiger partial charge is 0.478 e. The van der Waals surface area contributed by atoms with Crippen LogP contribution in [-0.2, 0) is 50.9 Å². The van der Waals surface area contributed by atoms with Crippen molar-refractivity contribution in [2.45, 2.75) is 114 Å². The van der Waals surface area contributed by atoms with Crippen LogP contribution in [0.15, 0.2) is 79.5 Å². The Morgan fingerprint density at radius 3 is 1.33 bits per heavy atom. The number of benzene rings is 4. The molecule has 88 heavy (non-hydrogen) atoms. The highest BCUT2D eigenvalue weighted by atomic mass is 16.7. The highest BCUT2D eigenvalue weighted by Crippen LogP contribution is 2.39. The highest BCUT2D eigenvalue weighted by Gasteiger charge is 2.34. The SMILES string of the molecule is C.COCOc1cc2c(cc1OCOC)C(=O)C(c1coc3cc(C)c(C)c(C(=O)N[C@@H](CCC(C)(C)C)C(=O)OC(C)(C)C)c3c1=O)=CC2.COCOc1cc2c(cc1OCOC)C(=O)C(c1coc3cc(C)c(C)c(C(=O)O)c3c1=O)=CC2.O=C=O. The van der Waals surface area contributed by atoms with Crippen LogP contribution in [0.5, 0.6) is 23.0 Å². The number of hydrogen-bond acceptors (Lipinski definition) is 20. The van der Waals surface area contributed by atoms with Crippen molar-refractivity contribution in [3.63, 3.8) is 0 Å². The molecule has 1 amide bonds. The van der Waals surface area contributed by atoms with Gasteiger partial charge in [0.15, 0.2) is 61.7 Å². The molecule has 0 radical (unpaired) electrons. The third-order valence-corrected chi connectivity index (χ3v) is 14.1. The zero-order valence-corrected chi connectivity index (χ0v) is 51.1. The number of amides is 1. The van der Waals surface area contributed by atoms with Crippen LogP contribution in [0.3, 0.4) is 0 Å². The van der Waals surface area contributed by atoms with Gasteiger partial charge < -0.3 is 61.9 Å². The smallest absolute Gasteiger partial charge is 0.373 e. The van der Waals surface area contributed by atoms with E-state index in [4.69, 9.17) is 61.1 Å².